The average molecular weight is 223 g/mol. The molecule has 0 bridgehead atoms. The number of rotatable bonds is 1. The lowest BCUT2D eigenvalue weighted by Gasteiger charge is -2.00. The summed E-state index contributed by atoms with van der Waals surface area (Å²) in [5.74, 6) is -0.0741. The molecule has 1 radical (unpaired) electrons. The first-order chi connectivity index (χ1) is 6.97. The van der Waals surface area contributed by atoms with Gasteiger partial charge in [0.2, 0.25) is 0 Å². The molecule has 2 N–H and O–H groups in total. The van der Waals surface area contributed by atoms with Crippen molar-refractivity contribution >= 4 is 20.9 Å². The summed E-state index contributed by atoms with van der Waals surface area (Å²) in [6.45, 7) is 0. The summed E-state index contributed by atoms with van der Waals surface area (Å²) in [5.41, 5.74) is 0. The van der Waals surface area contributed by atoms with Crippen molar-refractivity contribution in [2.45, 2.75) is 4.90 Å². The third kappa shape index (κ3) is 1.93. The van der Waals surface area contributed by atoms with Crippen LogP contribution in [-0.4, -0.2) is 18.1 Å². The second-order valence-corrected chi connectivity index (χ2v) is 4.49. The van der Waals surface area contributed by atoms with E-state index in [0.717, 1.165) is 5.39 Å². The maximum Gasteiger partial charge on any atom is 0.294 e. The van der Waals surface area contributed by atoms with Crippen molar-refractivity contribution in [2.75, 3.05) is 0 Å². The molecular formula is C10H7O4S. The maximum atomic E-state index is 10.8. The summed E-state index contributed by atoms with van der Waals surface area (Å²) >= 11 is 0. The molecule has 0 spiro atoms. The Morgan fingerprint density at radius 2 is 1.80 bits per heavy atom. The fraction of sp³-hybridized carbons (Fsp3) is 0. The first-order valence-electron chi connectivity index (χ1n) is 4.09. The minimum absolute atomic E-state index is 0.0741. The quantitative estimate of drug-likeness (QED) is 0.720. The molecule has 0 saturated carbocycles. The molecule has 0 atom stereocenters. The molecule has 0 aliphatic carbocycles. The lowest BCUT2D eigenvalue weighted by molar-refractivity contribution is 0.474. The average Bonchev–Trinajstić information content (AvgIpc) is 2.15. The molecule has 2 rings (SSSR count). The van der Waals surface area contributed by atoms with E-state index in [1.54, 1.807) is 6.07 Å². The summed E-state index contributed by atoms with van der Waals surface area (Å²) < 4.78 is 30.5. The highest BCUT2D eigenvalue weighted by atomic mass is 32.2. The predicted octanol–water partition coefficient (Wildman–Crippen LogP) is 1.59. The van der Waals surface area contributed by atoms with Crippen molar-refractivity contribution < 1.29 is 18.1 Å². The van der Waals surface area contributed by atoms with Crippen LogP contribution in [0.15, 0.2) is 35.2 Å². The van der Waals surface area contributed by atoms with Crippen molar-refractivity contribution in [3.05, 3.63) is 36.4 Å². The van der Waals surface area contributed by atoms with Crippen LogP contribution >= 0.6 is 0 Å². The highest BCUT2D eigenvalue weighted by Gasteiger charge is 2.09. The zero-order valence-electron chi connectivity index (χ0n) is 7.51. The molecule has 0 aliphatic heterocycles. The Bertz CT molecular complexity index is 616. The summed E-state index contributed by atoms with van der Waals surface area (Å²) in [6, 6.07) is 9.75. The molecule has 4 nitrogen and oxygen atoms in total. The molecule has 5 heteroatoms. The zero-order chi connectivity index (χ0) is 11.1. The van der Waals surface area contributed by atoms with Crippen molar-refractivity contribution in [3.63, 3.8) is 0 Å². The van der Waals surface area contributed by atoms with E-state index in [-0.39, 0.29) is 10.6 Å². The highest BCUT2D eigenvalue weighted by molar-refractivity contribution is 7.85. The van der Waals surface area contributed by atoms with Crippen LogP contribution in [0.2, 0.25) is 0 Å². The van der Waals surface area contributed by atoms with Crippen LogP contribution < -0.4 is 0 Å². The molecule has 0 aromatic heterocycles. The van der Waals surface area contributed by atoms with E-state index >= 15 is 0 Å². The molecule has 0 amide bonds. The zero-order valence-corrected chi connectivity index (χ0v) is 8.32. The normalized spacial score (nSPS) is 11.8. The minimum atomic E-state index is -4.21. The number of hydrogen-bond acceptors (Lipinski definition) is 3. The number of benzene rings is 2. The smallest absolute Gasteiger partial charge is 0.294 e. The second kappa shape index (κ2) is 3.22. The van der Waals surface area contributed by atoms with Crippen LogP contribution in [0.4, 0.5) is 0 Å². The standard InChI is InChI=1S/C10H7O4S/c11-9-3-1-7-2-4-10(15(12,13)14)6-8(7)5-9/h1-4,6,11H,(H,12,13,14). The van der Waals surface area contributed by atoms with Gasteiger partial charge in [0.05, 0.1) is 4.90 Å². The molecule has 0 aliphatic rings. The number of phenols is 1. The van der Waals surface area contributed by atoms with Crippen LogP contribution in [-0.2, 0) is 10.1 Å². The Morgan fingerprint density at radius 1 is 1.13 bits per heavy atom. The van der Waals surface area contributed by atoms with Crippen LogP contribution in [0.1, 0.15) is 0 Å². The minimum Gasteiger partial charge on any atom is -0.507 e. The second-order valence-electron chi connectivity index (χ2n) is 3.07. The van der Waals surface area contributed by atoms with Gasteiger partial charge in [-0.1, -0.05) is 12.1 Å². The maximum absolute atomic E-state index is 10.8. The Kier molecular flexibility index (Phi) is 2.13. The van der Waals surface area contributed by atoms with Crippen LogP contribution in [0, 0.1) is 6.07 Å². The summed E-state index contributed by atoms with van der Waals surface area (Å²) in [6.07, 6.45) is 0. The van der Waals surface area contributed by atoms with Gasteiger partial charge in [0.1, 0.15) is 5.75 Å². The Hall–Kier alpha value is -1.59. The summed E-state index contributed by atoms with van der Waals surface area (Å²) in [7, 11) is -4.21. The third-order valence-electron chi connectivity index (χ3n) is 2.01. The molecule has 0 unspecified atom stereocenters. The fourth-order valence-electron chi connectivity index (χ4n) is 1.30. The highest BCUT2D eigenvalue weighted by Crippen LogP contribution is 2.22. The largest absolute Gasteiger partial charge is 0.507 e. The first kappa shape index (κ1) is 9.95. The van der Waals surface area contributed by atoms with Crippen molar-refractivity contribution in [2.24, 2.45) is 0 Å². The number of fused-ring (bicyclic) bond motifs is 1. The van der Waals surface area contributed by atoms with E-state index in [4.69, 9.17) is 9.66 Å². The topological polar surface area (TPSA) is 74.6 Å². The van der Waals surface area contributed by atoms with Crippen molar-refractivity contribution in [3.8, 4) is 5.75 Å². The van der Waals surface area contributed by atoms with E-state index in [1.807, 2.05) is 0 Å². The number of aromatic hydroxyl groups is 1. The van der Waals surface area contributed by atoms with Gasteiger partial charge in [-0.05, 0) is 29.0 Å². The van der Waals surface area contributed by atoms with E-state index in [9.17, 15) is 8.42 Å². The van der Waals surface area contributed by atoms with Crippen molar-refractivity contribution in [1.29, 1.82) is 0 Å². The van der Waals surface area contributed by atoms with Gasteiger partial charge in [-0.2, -0.15) is 8.42 Å². The lowest BCUT2D eigenvalue weighted by atomic mass is 10.1. The molecular weight excluding hydrogens is 216 g/mol. The summed E-state index contributed by atoms with van der Waals surface area (Å²) in [5, 5.41) is 10.3. The van der Waals surface area contributed by atoms with E-state index in [1.165, 1.54) is 24.3 Å². The molecule has 2 aromatic rings. The van der Waals surface area contributed by atoms with Gasteiger partial charge in [0, 0.05) is 6.07 Å². The molecule has 0 saturated heterocycles. The number of phenolic OH excluding ortho intramolecular Hbond substituents is 1. The predicted molar refractivity (Wildman–Crippen MR) is 54.3 cm³/mol. The van der Waals surface area contributed by atoms with Gasteiger partial charge in [0.25, 0.3) is 10.1 Å². The van der Waals surface area contributed by atoms with Crippen molar-refractivity contribution in [1.82, 2.24) is 0 Å². The van der Waals surface area contributed by atoms with Gasteiger partial charge in [-0.3, -0.25) is 4.55 Å². The first-order valence-corrected chi connectivity index (χ1v) is 5.53. The Balaban J connectivity index is 2.75. The molecule has 0 fully saturated rings. The lowest BCUT2D eigenvalue weighted by Crippen LogP contribution is -1.97. The van der Waals surface area contributed by atoms with Crippen LogP contribution in [0.3, 0.4) is 0 Å². The Morgan fingerprint density at radius 3 is 2.47 bits per heavy atom. The van der Waals surface area contributed by atoms with Crippen LogP contribution in [0.5, 0.6) is 5.75 Å². The Labute approximate surface area is 86.5 Å². The van der Waals surface area contributed by atoms with Gasteiger partial charge < -0.3 is 5.11 Å². The van der Waals surface area contributed by atoms with Gasteiger partial charge in [-0.25, -0.2) is 0 Å². The van der Waals surface area contributed by atoms with Gasteiger partial charge >= 0.3 is 0 Å². The SMILES string of the molecule is O=S(=O)(O)c1ccc2ccc(O)[c]c2c1. The molecule has 77 valence electrons. The monoisotopic (exact) mass is 223 g/mol. The third-order valence-corrected chi connectivity index (χ3v) is 2.86. The molecule has 2 aromatic carbocycles. The number of hydrogen-bond donors (Lipinski definition) is 2. The molecule has 15 heavy (non-hydrogen) atoms. The van der Waals surface area contributed by atoms with E-state index in [0.29, 0.717) is 5.39 Å². The van der Waals surface area contributed by atoms with E-state index in [2.05, 4.69) is 6.07 Å². The van der Waals surface area contributed by atoms with Gasteiger partial charge in [0.15, 0.2) is 0 Å². The fourth-order valence-corrected chi connectivity index (χ4v) is 1.80. The molecule has 0 heterocycles. The van der Waals surface area contributed by atoms with Gasteiger partial charge in [-0.15, -0.1) is 0 Å². The summed E-state index contributed by atoms with van der Waals surface area (Å²) in [4.78, 5) is -0.211. The van der Waals surface area contributed by atoms with Crippen LogP contribution in [0.25, 0.3) is 10.8 Å². The van der Waals surface area contributed by atoms with E-state index < -0.39 is 10.1 Å².